The molecule has 0 aliphatic carbocycles. The van der Waals surface area contributed by atoms with Gasteiger partial charge in [-0.15, -0.1) is 6.58 Å². The minimum atomic E-state index is -2.34. The van der Waals surface area contributed by atoms with Gasteiger partial charge in [0.25, 0.3) is 6.43 Å². The van der Waals surface area contributed by atoms with Crippen molar-refractivity contribution < 1.29 is 8.78 Å². The molecule has 0 spiro atoms. The highest BCUT2D eigenvalue weighted by atomic mass is 19.3. The molecule has 1 heterocycles. The Morgan fingerprint density at radius 1 is 1.35 bits per heavy atom. The first kappa shape index (κ1) is 14.7. The molecule has 0 radical (unpaired) electrons. The van der Waals surface area contributed by atoms with Crippen LogP contribution in [0.25, 0.3) is 10.9 Å². The molecule has 0 saturated carbocycles. The van der Waals surface area contributed by atoms with Crippen molar-refractivity contribution in [1.29, 1.82) is 0 Å². The Morgan fingerprint density at radius 3 is 2.80 bits per heavy atom. The third-order valence-corrected chi connectivity index (χ3v) is 3.65. The summed E-state index contributed by atoms with van der Waals surface area (Å²) in [5.41, 5.74) is 2.25. The molecule has 1 unspecified atom stereocenters. The monoisotopic (exact) mass is 278 g/mol. The van der Waals surface area contributed by atoms with E-state index in [1.165, 1.54) is 0 Å². The summed E-state index contributed by atoms with van der Waals surface area (Å²) in [6.07, 6.45) is 2.05. The number of H-pyrrole nitrogens is 1. The standard InChI is InChI=1S/C16H20F2N2/c1-3-9-20(12(2)16(17)18)10-8-13-11-19-15-7-5-4-6-14(13)15/h3-7,11-12,16,19H,1,8-10H2,2H3. The summed E-state index contributed by atoms with van der Waals surface area (Å²) in [6, 6.07) is 7.28. The number of nitrogens with zero attached hydrogens (tertiary/aromatic N) is 1. The maximum atomic E-state index is 12.8. The number of fused-ring (bicyclic) bond motifs is 1. The highest BCUT2D eigenvalue weighted by Crippen LogP contribution is 2.19. The molecule has 1 atom stereocenters. The van der Waals surface area contributed by atoms with Crippen molar-refractivity contribution in [2.24, 2.45) is 0 Å². The molecule has 2 rings (SSSR count). The van der Waals surface area contributed by atoms with Crippen LogP contribution in [-0.2, 0) is 6.42 Å². The summed E-state index contributed by atoms with van der Waals surface area (Å²) in [4.78, 5) is 4.97. The van der Waals surface area contributed by atoms with Crippen molar-refractivity contribution in [3.05, 3.63) is 48.7 Å². The lowest BCUT2D eigenvalue weighted by atomic mass is 10.1. The molecular formula is C16H20F2N2. The van der Waals surface area contributed by atoms with Gasteiger partial charge in [0, 0.05) is 30.2 Å². The molecule has 1 aromatic carbocycles. The molecular weight excluding hydrogens is 258 g/mol. The number of hydrogen-bond donors (Lipinski definition) is 1. The number of alkyl halides is 2. The van der Waals surface area contributed by atoms with E-state index >= 15 is 0 Å². The fourth-order valence-electron chi connectivity index (χ4n) is 2.39. The summed E-state index contributed by atoms with van der Waals surface area (Å²) in [5, 5.41) is 1.16. The number of aromatic amines is 1. The Balaban J connectivity index is 2.07. The van der Waals surface area contributed by atoms with Gasteiger partial charge in [0.15, 0.2) is 0 Å². The molecule has 0 bridgehead atoms. The molecule has 2 aromatic rings. The van der Waals surface area contributed by atoms with Crippen LogP contribution in [0.4, 0.5) is 8.78 Å². The summed E-state index contributed by atoms with van der Waals surface area (Å²) < 4.78 is 25.7. The van der Waals surface area contributed by atoms with Crippen LogP contribution >= 0.6 is 0 Å². The fourth-order valence-corrected chi connectivity index (χ4v) is 2.39. The molecule has 0 aliphatic rings. The van der Waals surface area contributed by atoms with E-state index in [0.717, 1.165) is 22.9 Å². The Bertz CT molecular complexity index is 562. The largest absolute Gasteiger partial charge is 0.361 e. The zero-order valence-corrected chi connectivity index (χ0v) is 11.7. The number of hydrogen-bond acceptors (Lipinski definition) is 1. The Hall–Kier alpha value is -1.68. The Labute approximate surface area is 118 Å². The lowest BCUT2D eigenvalue weighted by molar-refractivity contribution is 0.0408. The van der Waals surface area contributed by atoms with E-state index in [0.29, 0.717) is 13.1 Å². The molecule has 1 N–H and O–H groups in total. The summed E-state index contributed by atoms with van der Waals surface area (Å²) >= 11 is 0. The van der Waals surface area contributed by atoms with Gasteiger partial charge >= 0.3 is 0 Å². The lowest BCUT2D eigenvalue weighted by Gasteiger charge is -2.27. The average Bonchev–Trinajstić information content (AvgIpc) is 2.86. The minimum Gasteiger partial charge on any atom is -0.361 e. The highest BCUT2D eigenvalue weighted by Gasteiger charge is 2.21. The molecule has 20 heavy (non-hydrogen) atoms. The van der Waals surface area contributed by atoms with Crippen molar-refractivity contribution >= 4 is 10.9 Å². The van der Waals surface area contributed by atoms with E-state index in [2.05, 4.69) is 17.6 Å². The normalized spacial score (nSPS) is 13.2. The van der Waals surface area contributed by atoms with Gasteiger partial charge in [-0.1, -0.05) is 24.3 Å². The van der Waals surface area contributed by atoms with E-state index in [-0.39, 0.29) is 0 Å². The van der Waals surface area contributed by atoms with E-state index < -0.39 is 12.5 Å². The summed E-state index contributed by atoms with van der Waals surface area (Å²) in [7, 11) is 0. The van der Waals surface area contributed by atoms with Gasteiger partial charge in [0.1, 0.15) is 0 Å². The maximum absolute atomic E-state index is 12.8. The molecule has 0 aliphatic heterocycles. The number of benzene rings is 1. The third kappa shape index (κ3) is 3.25. The van der Waals surface area contributed by atoms with Crippen LogP contribution < -0.4 is 0 Å². The smallest absolute Gasteiger partial charge is 0.253 e. The molecule has 0 amide bonds. The summed E-state index contributed by atoms with van der Waals surface area (Å²) in [5.74, 6) is 0. The Morgan fingerprint density at radius 2 is 2.10 bits per heavy atom. The van der Waals surface area contributed by atoms with Crippen molar-refractivity contribution in [1.82, 2.24) is 9.88 Å². The van der Waals surface area contributed by atoms with Crippen molar-refractivity contribution in [2.75, 3.05) is 13.1 Å². The number of halogens is 2. The van der Waals surface area contributed by atoms with Crippen LogP contribution in [0.1, 0.15) is 12.5 Å². The molecule has 2 nitrogen and oxygen atoms in total. The van der Waals surface area contributed by atoms with E-state index in [4.69, 9.17) is 0 Å². The molecule has 1 aromatic heterocycles. The predicted molar refractivity (Wildman–Crippen MR) is 79.2 cm³/mol. The SMILES string of the molecule is C=CCN(CCc1c[nH]c2ccccc12)C(C)C(F)F. The van der Waals surface area contributed by atoms with Gasteiger partial charge in [-0.25, -0.2) is 8.78 Å². The first-order valence-electron chi connectivity index (χ1n) is 6.81. The molecule has 108 valence electrons. The maximum Gasteiger partial charge on any atom is 0.253 e. The predicted octanol–water partition coefficient (Wildman–Crippen LogP) is 3.85. The number of rotatable bonds is 7. The Kier molecular flexibility index (Phi) is 4.90. The highest BCUT2D eigenvalue weighted by molar-refractivity contribution is 5.83. The zero-order valence-electron chi connectivity index (χ0n) is 11.7. The zero-order chi connectivity index (χ0) is 14.5. The van der Waals surface area contributed by atoms with Gasteiger partial charge in [0.2, 0.25) is 0 Å². The third-order valence-electron chi connectivity index (χ3n) is 3.65. The van der Waals surface area contributed by atoms with Crippen LogP contribution in [0.15, 0.2) is 43.1 Å². The van der Waals surface area contributed by atoms with Crippen LogP contribution in [0.3, 0.4) is 0 Å². The quantitative estimate of drug-likeness (QED) is 0.762. The van der Waals surface area contributed by atoms with E-state index in [9.17, 15) is 8.78 Å². The topological polar surface area (TPSA) is 19.0 Å². The van der Waals surface area contributed by atoms with Crippen LogP contribution in [0.5, 0.6) is 0 Å². The number of aromatic nitrogens is 1. The first-order valence-corrected chi connectivity index (χ1v) is 6.81. The number of para-hydroxylation sites is 1. The summed E-state index contributed by atoms with van der Waals surface area (Å²) in [6.45, 7) is 6.28. The van der Waals surface area contributed by atoms with Gasteiger partial charge < -0.3 is 4.98 Å². The van der Waals surface area contributed by atoms with Gasteiger partial charge in [-0.3, -0.25) is 4.90 Å². The van der Waals surface area contributed by atoms with Crippen molar-refractivity contribution in [3.8, 4) is 0 Å². The second kappa shape index (κ2) is 6.66. The first-order chi connectivity index (χ1) is 9.63. The van der Waals surface area contributed by atoms with E-state index in [1.54, 1.807) is 17.9 Å². The van der Waals surface area contributed by atoms with Crippen LogP contribution in [0.2, 0.25) is 0 Å². The average molecular weight is 278 g/mol. The molecule has 0 fully saturated rings. The van der Waals surface area contributed by atoms with Gasteiger partial charge in [0.05, 0.1) is 6.04 Å². The van der Waals surface area contributed by atoms with Crippen molar-refractivity contribution in [2.45, 2.75) is 25.8 Å². The van der Waals surface area contributed by atoms with Crippen LogP contribution in [0, 0.1) is 0 Å². The van der Waals surface area contributed by atoms with Crippen LogP contribution in [-0.4, -0.2) is 35.4 Å². The second-order valence-corrected chi connectivity index (χ2v) is 4.97. The molecule has 0 saturated heterocycles. The lowest BCUT2D eigenvalue weighted by Crippen LogP contribution is -2.39. The van der Waals surface area contributed by atoms with E-state index in [1.807, 2.05) is 24.4 Å². The number of nitrogens with one attached hydrogen (secondary N) is 1. The van der Waals surface area contributed by atoms with Gasteiger partial charge in [-0.2, -0.15) is 0 Å². The fraction of sp³-hybridized carbons (Fsp3) is 0.375. The minimum absolute atomic E-state index is 0.480. The van der Waals surface area contributed by atoms with Gasteiger partial charge in [-0.05, 0) is 25.0 Å². The second-order valence-electron chi connectivity index (χ2n) is 4.97. The van der Waals surface area contributed by atoms with Crippen molar-refractivity contribution in [3.63, 3.8) is 0 Å². The molecule has 4 heteroatoms.